The average Bonchev–Trinajstić information content (AvgIpc) is 2.84. The average molecular weight is 492 g/mol. The van der Waals surface area contributed by atoms with Crippen molar-refractivity contribution in [2.45, 2.75) is 23.6 Å². The van der Waals surface area contributed by atoms with Gasteiger partial charge in [-0.15, -0.1) is 0 Å². The van der Waals surface area contributed by atoms with Gasteiger partial charge in [0.25, 0.3) is 5.91 Å². The van der Waals surface area contributed by atoms with Gasteiger partial charge in [-0.3, -0.25) is 9.78 Å². The van der Waals surface area contributed by atoms with Gasteiger partial charge in [0.2, 0.25) is 9.84 Å². The fourth-order valence-corrected chi connectivity index (χ4v) is 5.21. The van der Waals surface area contributed by atoms with Crippen molar-refractivity contribution in [3.63, 3.8) is 0 Å². The first-order chi connectivity index (χ1) is 16.7. The van der Waals surface area contributed by atoms with Gasteiger partial charge in [0.1, 0.15) is 11.5 Å². The zero-order chi connectivity index (χ0) is 25.2. The summed E-state index contributed by atoms with van der Waals surface area (Å²) in [5.41, 5.74) is 7.94. The summed E-state index contributed by atoms with van der Waals surface area (Å²) in [7, 11) is -2.35. The minimum atomic E-state index is -3.90. The molecule has 0 saturated heterocycles. The van der Waals surface area contributed by atoms with Crippen LogP contribution in [0, 0.1) is 6.92 Å². The highest BCUT2D eigenvalue weighted by atomic mass is 32.2. The third kappa shape index (κ3) is 4.76. The Kier molecular flexibility index (Phi) is 6.61. The molecule has 3 aromatic carbocycles. The lowest BCUT2D eigenvalue weighted by molar-refractivity contribution is 0.100. The molecule has 0 atom stereocenters. The highest BCUT2D eigenvalue weighted by Gasteiger charge is 2.23. The smallest absolute Gasteiger partial charge is 0.252 e. The Morgan fingerprint density at radius 1 is 1.03 bits per heavy atom. The van der Waals surface area contributed by atoms with Crippen molar-refractivity contribution < 1.29 is 22.7 Å². The van der Waals surface area contributed by atoms with Crippen molar-refractivity contribution in [1.82, 2.24) is 4.98 Å². The van der Waals surface area contributed by atoms with Crippen molar-refractivity contribution >= 4 is 38.0 Å². The molecule has 9 heteroatoms. The van der Waals surface area contributed by atoms with Crippen LogP contribution in [0.2, 0.25) is 0 Å². The molecule has 0 aliphatic carbocycles. The summed E-state index contributed by atoms with van der Waals surface area (Å²) in [5.74, 6) is 0.381. The number of nitrogens with zero attached hydrogens (tertiary/aromatic N) is 1. The number of hydrogen-bond donors (Lipinski definition) is 2. The van der Waals surface area contributed by atoms with Crippen molar-refractivity contribution in [3.05, 3.63) is 78.0 Å². The zero-order valence-corrected chi connectivity index (χ0v) is 20.3. The number of methoxy groups -OCH3 is 1. The van der Waals surface area contributed by atoms with Gasteiger partial charge in [-0.2, -0.15) is 0 Å². The van der Waals surface area contributed by atoms with Gasteiger partial charge in [0, 0.05) is 23.3 Å². The van der Waals surface area contributed by atoms with E-state index in [2.05, 4.69) is 10.3 Å². The number of sulfone groups is 1. The van der Waals surface area contributed by atoms with Gasteiger partial charge in [-0.05, 0) is 61.9 Å². The Labute approximate surface area is 203 Å². The van der Waals surface area contributed by atoms with Gasteiger partial charge in [-0.25, -0.2) is 8.42 Å². The van der Waals surface area contributed by atoms with Gasteiger partial charge < -0.3 is 20.5 Å². The van der Waals surface area contributed by atoms with Gasteiger partial charge in [0.15, 0.2) is 0 Å². The maximum atomic E-state index is 13.6. The molecule has 4 aromatic rings. The van der Waals surface area contributed by atoms with Crippen LogP contribution >= 0.6 is 0 Å². The lowest BCUT2D eigenvalue weighted by Gasteiger charge is -2.16. The Bertz CT molecular complexity index is 1530. The van der Waals surface area contributed by atoms with Crippen LogP contribution in [0.5, 0.6) is 11.5 Å². The predicted octanol–water partition coefficient (Wildman–Crippen LogP) is 4.63. The lowest BCUT2D eigenvalue weighted by atomic mass is 10.1. The Hall–Kier alpha value is -4.11. The second kappa shape index (κ2) is 9.63. The number of ether oxygens (including phenoxy) is 2. The number of hydrogen-bond acceptors (Lipinski definition) is 7. The van der Waals surface area contributed by atoms with Gasteiger partial charge >= 0.3 is 0 Å². The number of aromatic nitrogens is 1. The number of carbonyl (C=O) groups is 1. The maximum Gasteiger partial charge on any atom is 0.252 e. The van der Waals surface area contributed by atoms with E-state index in [4.69, 9.17) is 15.2 Å². The van der Waals surface area contributed by atoms with E-state index < -0.39 is 15.7 Å². The van der Waals surface area contributed by atoms with E-state index in [0.717, 1.165) is 0 Å². The largest absolute Gasteiger partial charge is 0.497 e. The Balaban J connectivity index is 1.92. The van der Waals surface area contributed by atoms with E-state index in [-0.39, 0.29) is 15.4 Å². The third-order valence-electron chi connectivity index (χ3n) is 5.48. The fraction of sp³-hybridized carbons (Fsp3) is 0.154. The summed E-state index contributed by atoms with van der Waals surface area (Å²) >= 11 is 0. The molecule has 0 aliphatic rings. The molecule has 1 heterocycles. The van der Waals surface area contributed by atoms with E-state index >= 15 is 0 Å². The topological polar surface area (TPSA) is 121 Å². The molecular weight excluding hydrogens is 466 g/mol. The molecule has 0 radical (unpaired) electrons. The summed E-state index contributed by atoms with van der Waals surface area (Å²) in [6, 6.07) is 16.6. The first-order valence-electron chi connectivity index (χ1n) is 10.9. The Morgan fingerprint density at radius 2 is 1.77 bits per heavy atom. The Morgan fingerprint density at radius 3 is 2.49 bits per heavy atom. The van der Waals surface area contributed by atoms with Crippen LogP contribution < -0.4 is 20.5 Å². The minimum absolute atomic E-state index is 0.0632. The summed E-state index contributed by atoms with van der Waals surface area (Å²) in [5, 5.41) is 3.66. The second-order valence-corrected chi connectivity index (χ2v) is 9.77. The molecular formula is C26H25N3O5S. The third-order valence-corrected chi connectivity index (χ3v) is 7.21. The molecule has 0 spiro atoms. The number of amides is 1. The summed E-state index contributed by atoms with van der Waals surface area (Å²) < 4.78 is 37.9. The molecule has 0 unspecified atom stereocenters. The highest BCUT2D eigenvalue weighted by Crippen LogP contribution is 2.35. The van der Waals surface area contributed by atoms with Crippen molar-refractivity contribution in [3.8, 4) is 11.5 Å². The number of fused-ring (bicyclic) bond motifs is 1. The van der Waals surface area contributed by atoms with E-state index in [1.165, 1.54) is 24.4 Å². The molecule has 0 aliphatic heterocycles. The van der Waals surface area contributed by atoms with E-state index in [9.17, 15) is 13.2 Å². The number of primary amides is 1. The van der Waals surface area contributed by atoms with E-state index in [1.54, 1.807) is 56.5 Å². The summed E-state index contributed by atoms with van der Waals surface area (Å²) in [4.78, 5) is 16.8. The molecule has 1 amide bonds. The fourth-order valence-electron chi connectivity index (χ4n) is 3.80. The number of benzene rings is 3. The SMILES string of the molecule is CCOc1cccc(S(=O)(=O)c2cc(C)c3ncc(C(N)=O)c(Nc4cccc(OC)c4)c3c2)c1. The number of aryl methyl sites for hydroxylation is 1. The van der Waals surface area contributed by atoms with Crippen LogP contribution in [0.3, 0.4) is 0 Å². The van der Waals surface area contributed by atoms with Crippen LogP contribution in [-0.4, -0.2) is 33.0 Å². The van der Waals surface area contributed by atoms with Crippen LogP contribution in [0.1, 0.15) is 22.8 Å². The van der Waals surface area contributed by atoms with Crippen LogP contribution in [0.15, 0.2) is 76.7 Å². The van der Waals surface area contributed by atoms with Crippen LogP contribution in [0.25, 0.3) is 10.9 Å². The molecule has 0 saturated carbocycles. The predicted molar refractivity (Wildman–Crippen MR) is 134 cm³/mol. The quantitative estimate of drug-likeness (QED) is 0.369. The van der Waals surface area contributed by atoms with Crippen LogP contribution in [-0.2, 0) is 9.84 Å². The molecule has 8 nitrogen and oxygen atoms in total. The zero-order valence-electron chi connectivity index (χ0n) is 19.5. The monoisotopic (exact) mass is 491 g/mol. The van der Waals surface area contributed by atoms with Crippen molar-refractivity contribution in [1.29, 1.82) is 0 Å². The van der Waals surface area contributed by atoms with E-state index in [1.807, 2.05) is 6.92 Å². The summed E-state index contributed by atoms with van der Waals surface area (Å²) in [6.45, 7) is 4.01. The molecule has 0 bridgehead atoms. The lowest BCUT2D eigenvalue weighted by Crippen LogP contribution is -2.14. The van der Waals surface area contributed by atoms with Crippen molar-refractivity contribution in [2.24, 2.45) is 5.73 Å². The highest BCUT2D eigenvalue weighted by molar-refractivity contribution is 7.91. The first-order valence-corrected chi connectivity index (χ1v) is 12.3. The summed E-state index contributed by atoms with van der Waals surface area (Å²) in [6.07, 6.45) is 1.39. The molecule has 0 fully saturated rings. The van der Waals surface area contributed by atoms with E-state index in [0.29, 0.717) is 45.9 Å². The van der Waals surface area contributed by atoms with Crippen LogP contribution in [0.4, 0.5) is 11.4 Å². The standard InChI is InChI=1S/C26H25N3O5S/c1-4-34-19-9-6-10-20(13-19)35(31,32)21-11-16(2)24-22(14-21)25(23(15-28-24)26(27)30)29-17-7-5-8-18(12-17)33-3/h5-15H,4H2,1-3H3,(H2,27,30)(H,28,29). The van der Waals surface area contributed by atoms with Gasteiger partial charge in [-0.1, -0.05) is 12.1 Å². The molecule has 3 N–H and O–H groups in total. The number of anilines is 2. The normalized spacial score (nSPS) is 11.3. The molecule has 180 valence electrons. The first kappa shape index (κ1) is 24.0. The number of nitrogens with one attached hydrogen (secondary N) is 1. The number of pyridine rings is 1. The number of carbonyl (C=O) groups excluding carboxylic acids is 1. The van der Waals surface area contributed by atoms with Crippen molar-refractivity contribution in [2.75, 3.05) is 19.0 Å². The second-order valence-electron chi connectivity index (χ2n) is 7.82. The molecule has 35 heavy (non-hydrogen) atoms. The molecule has 4 rings (SSSR count). The minimum Gasteiger partial charge on any atom is -0.497 e. The number of rotatable bonds is 8. The maximum absolute atomic E-state index is 13.6. The van der Waals surface area contributed by atoms with Gasteiger partial charge in [0.05, 0.1) is 40.3 Å². The number of nitrogens with two attached hydrogens (primary N) is 1. The molecule has 1 aromatic heterocycles.